The van der Waals surface area contributed by atoms with Crippen molar-refractivity contribution in [3.8, 4) is 22.5 Å². The van der Waals surface area contributed by atoms with Gasteiger partial charge in [-0.05, 0) is 28.8 Å². The summed E-state index contributed by atoms with van der Waals surface area (Å²) in [7, 11) is 0. The molecule has 0 atom stereocenters. The lowest BCUT2D eigenvalue weighted by atomic mass is 9.98. The van der Waals surface area contributed by atoms with E-state index in [1.807, 2.05) is 61.5 Å². The summed E-state index contributed by atoms with van der Waals surface area (Å²) in [5.74, 6) is 0.130. The molecule has 0 aliphatic heterocycles. The summed E-state index contributed by atoms with van der Waals surface area (Å²) in [4.78, 5) is 15.6. The number of aromatic carboxylic acids is 1. The van der Waals surface area contributed by atoms with E-state index in [2.05, 4.69) is 36.0 Å². The van der Waals surface area contributed by atoms with Crippen LogP contribution in [0, 0.1) is 6.92 Å². The number of fused-ring (bicyclic) bond motifs is 1. The molecule has 158 valence electrons. The molecule has 2 aromatic carbocycles. The smallest absolute Gasteiger partial charge is 0.356 e. The summed E-state index contributed by atoms with van der Waals surface area (Å²) in [5, 5.41) is 31.0. The zero-order valence-corrected chi connectivity index (χ0v) is 17.0. The van der Waals surface area contributed by atoms with Crippen LogP contribution in [-0.4, -0.2) is 46.3 Å². The van der Waals surface area contributed by atoms with E-state index in [-0.39, 0.29) is 5.69 Å². The maximum Gasteiger partial charge on any atom is 0.356 e. The summed E-state index contributed by atoms with van der Waals surface area (Å²) >= 11 is 0. The third kappa shape index (κ3) is 3.65. The molecule has 5 rings (SSSR count). The maximum absolute atomic E-state index is 11.3. The molecule has 0 aliphatic carbocycles. The summed E-state index contributed by atoms with van der Waals surface area (Å²) in [5.41, 5.74) is 5.21. The van der Waals surface area contributed by atoms with E-state index in [0.717, 1.165) is 27.9 Å². The van der Waals surface area contributed by atoms with Gasteiger partial charge in [-0.2, -0.15) is 14.8 Å². The van der Waals surface area contributed by atoms with Gasteiger partial charge in [0.25, 0.3) is 0 Å². The average molecular weight is 426 g/mol. The fraction of sp³-hybridized carbons (Fsp3) is 0.0909. The first-order valence-electron chi connectivity index (χ1n) is 9.85. The minimum atomic E-state index is -1.09. The number of aryl methyl sites for hydroxylation is 1. The molecular formula is C22H18N8O2. The van der Waals surface area contributed by atoms with E-state index < -0.39 is 5.97 Å². The second-order valence-corrected chi connectivity index (χ2v) is 7.22. The third-order valence-corrected chi connectivity index (χ3v) is 5.03. The zero-order valence-electron chi connectivity index (χ0n) is 17.0. The van der Waals surface area contributed by atoms with Crippen molar-refractivity contribution in [2.75, 3.05) is 5.32 Å². The number of benzene rings is 2. The minimum Gasteiger partial charge on any atom is -0.476 e. The van der Waals surface area contributed by atoms with Crippen LogP contribution in [0.4, 0.5) is 5.82 Å². The Morgan fingerprint density at radius 1 is 1.09 bits per heavy atom. The van der Waals surface area contributed by atoms with Crippen molar-refractivity contribution in [3.05, 3.63) is 77.6 Å². The van der Waals surface area contributed by atoms with Gasteiger partial charge in [-0.3, -0.25) is 0 Å². The molecule has 3 heterocycles. The van der Waals surface area contributed by atoms with Crippen molar-refractivity contribution in [2.24, 2.45) is 0 Å². The maximum atomic E-state index is 11.3. The number of rotatable bonds is 6. The van der Waals surface area contributed by atoms with E-state index in [9.17, 15) is 9.90 Å². The Balaban J connectivity index is 1.39. The monoisotopic (exact) mass is 426 g/mol. The van der Waals surface area contributed by atoms with E-state index >= 15 is 0 Å². The van der Waals surface area contributed by atoms with Gasteiger partial charge < -0.3 is 10.4 Å². The highest BCUT2D eigenvalue weighted by atomic mass is 16.4. The summed E-state index contributed by atoms with van der Waals surface area (Å²) in [6.45, 7) is 2.39. The number of aromatic nitrogens is 7. The third-order valence-electron chi connectivity index (χ3n) is 5.03. The lowest BCUT2D eigenvalue weighted by Crippen LogP contribution is -2.07. The van der Waals surface area contributed by atoms with Crippen LogP contribution in [0.1, 0.15) is 21.7 Å². The highest BCUT2D eigenvalue weighted by Crippen LogP contribution is 2.29. The number of nitrogens with zero attached hydrogens (tertiary/aromatic N) is 6. The van der Waals surface area contributed by atoms with Crippen molar-refractivity contribution < 1.29 is 9.90 Å². The first kappa shape index (κ1) is 19.4. The zero-order chi connectivity index (χ0) is 22.1. The fourth-order valence-electron chi connectivity index (χ4n) is 3.53. The first-order valence-corrected chi connectivity index (χ1v) is 9.85. The fourth-order valence-corrected chi connectivity index (χ4v) is 3.53. The van der Waals surface area contributed by atoms with Crippen LogP contribution < -0.4 is 5.32 Å². The Hall–Kier alpha value is -4.60. The molecule has 0 saturated carbocycles. The second-order valence-electron chi connectivity index (χ2n) is 7.22. The molecule has 3 aromatic heterocycles. The quantitative estimate of drug-likeness (QED) is 0.377. The Labute approximate surface area is 182 Å². The molecule has 0 radical (unpaired) electrons. The van der Waals surface area contributed by atoms with Crippen molar-refractivity contribution in [1.29, 1.82) is 0 Å². The molecule has 32 heavy (non-hydrogen) atoms. The van der Waals surface area contributed by atoms with E-state index in [1.165, 1.54) is 10.6 Å². The average Bonchev–Trinajstić information content (AvgIpc) is 3.48. The van der Waals surface area contributed by atoms with Crippen LogP contribution >= 0.6 is 0 Å². The van der Waals surface area contributed by atoms with Gasteiger partial charge in [-0.15, -0.1) is 10.2 Å². The van der Waals surface area contributed by atoms with Gasteiger partial charge in [0, 0.05) is 29.9 Å². The number of tetrazole rings is 1. The number of carboxylic acids is 1. The molecule has 0 bridgehead atoms. The number of anilines is 1. The highest BCUT2D eigenvalue weighted by Gasteiger charge is 2.13. The van der Waals surface area contributed by atoms with E-state index in [0.29, 0.717) is 23.8 Å². The van der Waals surface area contributed by atoms with Crippen LogP contribution in [0.3, 0.4) is 0 Å². The van der Waals surface area contributed by atoms with Crippen molar-refractivity contribution in [2.45, 2.75) is 13.5 Å². The van der Waals surface area contributed by atoms with Crippen LogP contribution in [0.2, 0.25) is 0 Å². The van der Waals surface area contributed by atoms with Gasteiger partial charge in [0.05, 0.1) is 0 Å². The number of carboxylic acid groups (broad SMARTS) is 1. The molecule has 0 amide bonds. The van der Waals surface area contributed by atoms with E-state index in [1.54, 1.807) is 0 Å². The molecule has 10 heteroatoms. The molecular weight excluding hydrogens is 408 g/mol. The molecule has 5 aromatic rings. The van der Waals surface area contributed by atoms with Crippen LogP contribution in [0.25, 0.3) is 28.2 Å². The summed E-state index contributed by atoms with van der Waals surface area (Å²) < 4.78 is 1.51. The number of hydrogen-bond acceptors (Lipinski definition) is 7. The molecule has 0 fully saturated rings. The van der Waals surface area contributed by atoms with Gasteiger partial charge in [0.1, 0.15) is 5.82 Å². The standard InChI is InChI=1S/C22H18N8O2/c1-13-10-19(30-20(24-13)11-18(27-30)22(31)32)23-12-14-6-8-15(9-7-14)16-4-2-3-5-17(16)21-25-28-29-26-21/h2-11,23H,12H2,1H3,(H,31,32)(H,25,26,28,29). The van der Waals surface area contributed by atoms with Gasteiger partial charge in [0.2, 0.25) is 5.82 Å². The first-order chi connectivity index (χ1) is 15.6. The summed E-state index contributed by atoms with van der Waals surface area (Å²) in [6.07, 6.45) is 0. The van der Waals surface area contributed by atoms with Gasteiger partial charge in [-0.25, -0.2) is 9.78 Å². The molecule has 10 nitrogen and oxygen atoms in total. The summed E-state index contributed by atoms with van der Waals surface area (Å²) in [6, 6.07) is 19.3. The molecule has 0 aliphatic rings. The number of nitrogens with one attached hydrogen (secondary N) is 2. The van der Waals surface area contributed by atoms with E-state index in [4.69, 9.17) is 0 Å². The topological polar surface area (TPSA) is 134 Å². The van der Waals surface area contributed by atoms with Gasteiger partial charge in [0.15, 0.2) is 11.3 Å². The SMILES string of the molecule is Cc1cc(NCc2ccc(-c3ccccc3-c3nn[nH]n3)cc2)n2nc(C(=O)O)cc2n1. The molecule has 3 N–H and O–H groups in total. The lowest BCUT2D eigenvalue weighted by Gasteiger charge is -2.11. The lowest BCUT2D eigenvalue weighted by molar-refractivity contribution is 0.0690. The number of H-pyrrole nitrogens is 1. The van der Waals surface area contributed by atoms with Gasteiger partial charge in [-0.1, -0.05) is 48.5 Å². The van der Waals surface area contributed by atoms with Crippen LogP contribution in [-0.2, 0) is 6.54 Å². The normalized spacial score (nSPS) is 11.0. The Kier molecular flexibility index (Phi) is 4.79. The predicted octanol–water partition coefficient (Wildman–Crippen LogP) is 3.20. The Morgan fingerprint density at radius 3 is 2.59 bits per heavy atom. The van der Waals surface area contributed by atoms with Crippen molar-refractivity contribution >= 4 is 17.4 Å². The Morgan fingerprint density at radius 2 is 1.88 bits per heavy atom. The molecule has 0 spiro atoms. The minimum absolute atomic E-state index is 0.0456. The van der Waals surface area contributed by atoms with Crippen molar-refractivity contribution in [1.82, 2.24) is 35.2 Å². The number of carbonyl (C=O) groups is 1. The molecule has 0 unspecified atom stereocenters. The van der Waals surface area contributed by atoms with Crippen LogP contribution in [0.15, 0.2) is 60.7 Å². The number of aromatic amines is 1. The van der Waals surface area contributed by atoms with Crippen molar-refractivity contribution in [3.63, 3.8) is 0 Å². The predicted molar refractivity (Wildman–Crippen MR) is 117 cm³/mol. The van der Waals surface area contributed by atoms with Crippen LogP contribution in [0.5, 0.6) is 0 Å². The second kappa shape index (κ2) is 7.91. The largest absolute Gasteiger partial charge is 0.476 e. The number of hydrogen-bond donors (Lipinski definition) is 3. The highest BCUT2D eigenvalue weighted by molar-refractivity contribution is 5.86. The Bertz CT molecular complexity index is 1410. The van der Waals surface area contributed by atoms with Gasteiger partial charge >= 0.3 is 5.97 Å². The molecule has 0 saturated heterocycles.